The molecule has 0 aliphatic carbocycles. The van der Waals surface area contributed by atoms with E-state index < -0.39 is 46.6 Å². The van der Waals surface area contributed by atoms with Gasteiger partial charge in [-0.2, -0.15) is 8.78 Å². The minimum absolute atomic E-state index is 0.0802. The number of esters is 1. The van der Waals surface area contributed by atoms with Crippen LogP contribution in [0, 0.1) is 29.1 Å². The molecule has 4 aromatic carbocycles. The van der Waals surface area contributed by atoms with Gasteiger partial charge >= 0.3 is 5.97 Å². The number of hydrogen-bond donors (Lipinski definition) is 0. The Balaban J connectivity index is 1.83. The van der Waals surface area contributed by atoms with E-state index in [-0.39, 0.29) is 30.3 Å². The lowest BCUT2D eigenvalue weighted by Gasteiger charge is -2.19. The number of ether oxygens (including phenoxy) is 4. The van der Waals surface area contributed by atoms with Gasteiger partial charge in [-0.15, -0.1) is 0 Å². The Labute approximate surface area is 214 Å². The first-order valence-electron chi connectivity index (χ1n) is 11.1. The summed E-state index contributed by atoms with van der Waals surface area (Å²) in [5.41, 5.74) is 1.26. The van der Waals surface area contributed by atoms with Gasteiger partial charge in [0.2, 0.25) is 40.6 Å². The highest BCUT2D eigenvalue weighted by molar-refractivity contribution is 5.91. The zero-order chi connectivity index (χ0) is 27.2. The van der Waals surface area contributed by atoms with E-state index in [1.165, 1.54) is 0 Å². The minimum Gasteiger partial charge on any atom is -0.485 e. The number of hydrogen-bond acceptors (Lipinski definition) is 5. The van der Waals surface area contributed by atoms with Crippen molar-refractivity contribution in [3.8, 4) is 23.0 Å². The van der Waals surface area contributed by atoms with Crippen molar-refractivity contribution in [2.24, 2.45) is 0 Å². The molecule has 0 spiro atoms. The van der Waals surface area contributed by atoms with Crippen LogP contribution in [0.25, 0.3) is 0 Å². The van der Waals surface area contributed by atoms with Gasteiger partial charge in [-0.25, -0.2) is 18.0 Å². The Morgan fingerprint density at radius 3 is 1.47 bits per heavy atom. The van der Waals surface area contributed by atoms with Crippen LogP contribution >= 0.6 is 0 Å². The third-order valence-corrected chi connectivity index (χ3v) is 5.29. The molecule has 0 aliphatic heterocycles. The first-order valence-corrected chi connectivity index (χ1v) is 11.1. The van der Waals surface area contributed by atoms with E-state index in [9.17, 15) is 26.7 Å². The first-order chi connectivity index (χ1) is 18.3. The van der Waals surface area contributed by atoms with Crippen molar-refractivity contribution in [1.82, 2.24) is 0 Å². The minimum atomic E-state index is -2.34. The average Bonchev–Trinajstić information content (AvgIpc) is 2.96. The van der Waals surface area contributed by atoms with Gasteiger partial charge in [0.1, 0.15) is 13.2 Å². The molecule has 0 N–H and O–H groups in total. The summed E-state index contributed by atoms with van der Waals surface area (Å²) in [7, 11) is 1.14. The van der Waals surface area contributed by atoms with Crippen molar-refractivity contribution in [1.29, 1.82) is 0 Å². The highest BCUT2D eigenvalue weighted by Crippen LogP contribution is 2.44. The smallest absolute Gasteiger partial charge is 0.338 e. The third-order valence-electron chi connectivity index (χ3n) is 5.29. The summed E-state index contributed by atoms with van der Waals surface area (Å²) in [6.07, 6.45) is 0. The molecule has 0 saturated heterocycles. The van der Waals surface area contributed by atoms with Crippen LogP contribution in [0.2, 0.25) is 0 Å². The van der Waals surface area contributed by atoms with E-state index >= 15 is 0 Å². The second-order valence-corrected chi connectivity index (χ2v) is 7.84. The number of carbonyl (C=O) groups excluding carboxylic acids is 1. The van der Waals surface area contributed by atoms with Gasteiger partial charge in [-0.1, -0.05) is 60.7 Å². The summed E-state index contributed by atoms with van der Waals surface area (Å²) in [4.78, 5) is 12.3. The van der Waals surface area contributed by atoms with E-state index in [0.29, 0.717) is 11.1 Å². The fourth-order valence-corrected chi connectivity index (χ4v) is 3.37. The summed E-state index contributed by atoms with van der Waals surface area (Å²) in [6, 6.07) is 19.7. The lowest BCUT2D eigenvalue weighted by Crippen LogP contribution is -2.08. The van der Waals surface area contributed by atoms with Gasteiger partial charge in [-0.05, 0) is 23.3 Å². The molecular weight excluding hydrogens is 511 g/mol. The van der Waals surface area contributed by atoms with Gasteiger partial charge in [0.05, 0.1) is 12.7 Å². The molecule has 4 rings (SSSR count). The van der Waals surface area contributed by atoms with Crippen molar-refractivity contribution in [2.45, 2.75) is 13.2 Å². The molecule has 0 fully saturated rings. The van der Waals surface area contributed by atoms with Crippen LogP contribution in [-0.4, -0.2) is 13.1 Å². The van der Waals surface area contributed by atoms with E-state index in [2.05, 4.69) is 0 Å². The fraction of sp³-hybridized carbons (Fsp3) is 0.107. The summed E-state index contributed by atoms with van der Waals surface area (Å²) in [6.45, 7) is -0.200. The highest BCUT2D eigenvalue weighted by atomic mass is 19.2. The molecule has 0 atom stereocenters. The molecule has 0 amide bonds. The number of halogens is 5. The monoisotopic (exact) mass is 530 g/mol. The molecule has 0 bridgehead atoms. The van der Waals surface area contributed by atoms with Gasteiger partial charge < -0.3 is 18.9 Å². The molecule has 0 aromatic heterocycles. The van der Waals surface area contributed by atoms with Crippen molar-refractivity contribution in [3.63, 3.8) is 0 Å². The molecule has 196 valence electrons. The van der Waals surface area contributed by atoms with Crippen molar-refractivity contribution < 1.29 is 45.7 Å². The van der Waals surface area contributed by atoms with Crippen LogP contribution in [-0.2, 0) is 18.0 Å². The molecule has 38 heavy (non-hydrogen) atoms. The van der Waals surface area contributed by atoms with Crippen LogP contribution in [0.15, 0.2) is 72.8 Å². The molecule has 10 heteroatoms. The lowest BCUT2D eigenvalue weighted by molar-refractivity contribution is 0.0599. The number of carbonyl (C=O) groups is 1. The van der Waals surface area contributed by atoms with Gasteiger partial charge in [-0.3, -0.25) is 0 Å². The highest BCUT2D eigenvalue weighted by Gasteiger charge is 2.30. The van der Waals surface area contributed by atoms with Crippen LogP contribution < -0.4 is 14.2 Å². The lowest BCUT2D eigenvalue weighted by atomic mass is 10.1. The van der Waals surface area contributed by atoms with E-state index in [1.54, 1.807) is 60.7 Å². The Hall–Kier alpha value is -4.60. The maximum Gasteiger partial charge on any atom is 0.338 e. The first kappa shape index (κ1) is 26.5. The van der Waals surface area contributed by atoms with E-state index in [0.717, 1.165) is 19.2 Å². The van der Waals surface area contributed by atoms with E-state index in [1.807, 2.05) is 0 Å². The SMILES string of the molecule is COC(=O)c1cc(OCc2ccccc2)c(Oc2c(F)c(F)c(F)c(F)c2F)c(OCc2ccccc2)c1. The van der Waals surface area contributed by atoms with Crippen molar-refractivity contribution in [3.05, 3.63) is 119 Å². The Kier molecular flexibility index (Phi) is 8.10. The van der Waals surface area contributed by atoms with Gasteiger partial charge in [0.25, 0.3) is 0 Å². The predicted octanol–water partition coefficient (Wildman–Crippen LogP) is 7.12. The Morgan fingerprint density at radius 2 is 1.05 bits per heavy atom. The van der Waals surface area contributed by atoms with E-state index in [4.69, 9.17) is 18.9 Å². The number of methoxy groups -OCH3 is 1. The van der Waals surface area contributed by atoms with Gasteiger partial charge in [0.15, 0.2) is 11.5 Å². The van der Waals surface area contributed by atoms with Crippen LogP contribution in [0.1, 0.15) is 21.5 Å². The maximum atomic E-state index is 14.5. The topological polar surface area (TPSA) is 54.0 Å². The summed E-state index contributed by atoms with van der Waals surface area (Å²) in [5, 5.41) is 0. The summed E-state index contributed by atoms with van der Waals surface area (Å²) >= 11 is 0. The van der Waals surface area contributed by atoms with Gasteiger partial charge in [0, 0.05) is 0 Å². The quantitative estimate of drug-likeness (QED) is 0.0999. The zero-order valence-electron chi connectivity index (χ0n) is 19.8. The normalized spacial score (nSPS) is 10.7. The number of benzene rings is 4. The number of rotatable bonds is 9. The predicted molar refractivity (Wildman–Crippen MR) is 126 cm³/mol. The summed E-state index contributed by atoms with van der Waals surface area (Å²) < 4.78 is 92.0. The van der Waals surface area contributed by atoms with Crippen LogP contribution in [0.3, 0.4) is 0 Å². The average molecular weight is 530 g/mol. The largest absolute Gasteiger partial charge is 0.485 e. The third kappa shape index (κ3) is 5.69. The zero-order valence-corrected chi connectivity index (χ0v) is 19.8. The molecule has 4 aromatic rings. The molecular formula is C28H19F5O5. The molecule has 0 aliphatic rings. The maximum absolute atomic E-state index is 14.5. The summed E-state index contributed by atoms with van der Waals surface area (Å²) in [5.74, 6) is -14.5. The molecule has 0 radical (unpaired) electrons. The second kappa shape index (κ2) is 11.6. The molecule has 0 heterocycles. The van der Waals surface area contributed by atoms with Crippen molar-refractivity contribution >= 4 is 5.97 Å². The molecule has 0 unspecified atom stereocenters. The van der Waals surface area contributed by atoms with Crippen molar-refractivity contribution in [2.75, 3.05) is 7.11 Å². The molecule has 0 saturated carbocycles. The van der Waals surface area contributed by atoms with Crippen LogP contribution in [0.5, 0.6) is 23.0 Å². The fourth-order valence-electron chi connectivity index (χ4n) is 3.37. The van der Waals surface area contributed by atoms with Crippen LogP contribution in [0.4, 0.5) is 22.0 Å². The second-order valence-electron chi connectivity index (χ2n) is 7.84. The standard InChI is InChI=1S/C28H19F5O5/c1-35-28(34)18-12-19(36-14-16-8-4-2-5-9-16)26(20(13-18)37-15-17-10-6-3-7-11-17)38-27-24(32)22(30)21(29)23(31)25(27)33/h2-13H,14-15H2,1H3. The molecule has 5 nitrogen and oxygen atoms in total. The Bertz CT molecular complexity index is 1350. The Morgan fingerprint density at radius 1 is 0.632 bits per heavy atom.